The van der Waals surface area contributed by atoms with Gasteiger partial charge in [-0.25, -0.2) is 0 Å². The molecule has 1 aromatic rings. The van der Waals surface area contributed by atoms with E-state index < -0.39 is 0 Å². The molecule has 4 heteroatoms. The summed E-state index contributed by atoms with van der Waals surface area (Å²) in [6.07, 6.45) is 3.09. The van der Waals surface area contributed by atoms with Crippen molar-refractivity contribution in [1.29, 1.82) is 5.41 Å². The van der Waals surface area contributed by atoms with Crippen molar-refractivity contribution in [3.8, 4) is 5.75 Å². The van der Waals surface area contributed by atoms with Gasteiger partial charge in [-0.1, -0.05) is 18.2 Å². The number of nitrogens with one attached hydrogen (secondary N) is 1. The van der Waals surface area contributed by atoms with E-state index in [1.165, 1.54) is 18.4 Å². The minimum atomic E-state index is 0.253. The Hall–Kier alpha value is -1.55. The highest BCUT2D eigenvalue weighted by Gasteiger charge is 2.43. The molecule has 19 heavy (non-hydrogen) atoms. The molecule has 1 aliphatic carbocycles. The van der Waals surface area contributed by atoms with Crippen LogP contribution in [0.5, 0.6) is 5.75 Å². The number of hydrogen-bond acceptors (Lipinski definition) is 3. The van der Waals surface area contributed by atoms with E-state index in [9.17, 15) is 0 Å². The van der Waals surface area contributed by atoms with Crippen LogP contribution >= 0.6 is 0 Å². The van der Waals surface area contributed by atoms with Gasteiger partial charge in [-0.05, 0) is 31.4 Å². The molecule has 104 valence electrons. The van der Waals surface area contributed by atoms with Crippen LogP contribution in [-0.2, 0) is 6.54 Å². The van der Waals surface area contributed by atoms with Gasteiger partial charge in [0.25, 0.3) is 0 Å². The van der Waals surface area contributed by atoms with Crippen molar-refractivity contribution < 1.29 is 4.74 Å². The Morgan fingerprint density at radius 2 is 2.11 bits per heavy atom. The predicted molar refractivity (Wildman–Crippen MR) is 77.5 cm³/mol. The molecule has 0 bridgehead atoms. The molecule has 0 aliphatic heterocycles. The first-order valence-electron chi connectivity index (χ1n) is 6.68. The summed E-state index contributed by atoms with van der Waals surface area (Å²) in [6, 6.07) is 8.11. The zero-order valence-corrected chi connectivity index (χ0v) is 11.8. The molecule has 3 N–H and O–H groups in total. The highest BCUT2D eigenvalue weighted by atomic mass is 16.5. The Bertz CT molecular complexity index is 454. The molecule has 0 spiro atoms. The van der Waals surface area contributed by atoms with Crippen molar-refractivity contribution in [2.75, 3.05) is 20.7 Å². The number of para-hydroxylation sites is 1. The molecule has 0 atom stereocenters. The summed E-state index contributed by atoms with van der Waals surface area (Å²) in [4.78, 5) is 2.30. The van der Waals surface area contributed by atoms with Crippen LogP contribution in [0.4, 0.5) is 0 Å². The summed E-state index contributed by atoms with van der Waals surface area (Å²) in [5.41, 5.74) is 6.99. The molecule has 4 nitrogen and oxygen atoms in total. The van der Waals surface area contributed by atoms with Crippen LogP contribution in [0.15, 0.2) is 24.3 Å². The summed E-state index contributed by atoms with van der Waals surface area (Å²) in [5, 5.41) is 7.46. The zero-order valence-electron chi connectivity index (χ0n) is 11.8. The Morgan fingerprint density at radius 3 is 2.68 bits per heavy atom. The second-order valence-corrected chi connectivity index (χ2v) is 5.69. The fourth-order valence-electron chi connectivity index (χ4n) is 2.72. The Labute approximate surface area is 115 Å². The summed E-state index contributed by atoms with van der Waals surface area (Å²) < 4.78 is 5.38. The molecule has 2 rings (SSSR count). The van der Waals surface area contributed by atoms with Gasteiger partial charge < -0.3 is 15.4 Å². The van der Waals surface area contributed by atoms with Crippen LogP contribution in [0.3, 0.4) is 0 Å². The normalized spacial score (nSPS) is 16.4. The molecule has 1 aliphatic rings. The number of benzene rings is 1. The first-order chi connectivity index (χ1) is 9.04. The van der Waals surface area contributed by atoms with Gasteiger partial charge in [-0.15, -0.1) is 0 Å². The number of methoxy groups -OCH3 is 1. The SMILES string of the molecule is COc1ccccc1CN(C)CC1(CC(=N)N)CC1. The fourth-order valence-corrected chi connectivity index (χ4v) is 2.72. The Balaban J connectivity index is 1.94. The van der Waals surface area contributed by atoms with E-state index in [0.29, 0.717) is 5.84 Å². The topological polar surface area (TPSA) is 62.3 Å². The van der Waals surface area contributed by atoms with Crippen LogP contribution in [0.25, 0.3) is 0 Å². The summed E-state index contributed by atoms with van der Waals surface area (Å²) in [7, 11) is 3.82. The maximum atomic E-state index is 7.46. The van der Waals surface area contributed by atoms with Gasteiger partial charge >= 0.3 is 0 Å². The van der Waals surface area contributed by atoms with Gasteiger partial charge in [0.05, 0.1) is 12.9 Å². The number of nitrogens with two attached hydrogens (primary N) is 1. The molecule has 0 saturated heterocycles. The summed E-state index contributed by atoms with van der Waals surface area (Å²) in [6.45, 7) is 1.86. The van der Waals surface area contributed by atoms with E-state index in [1.807, 2.05) is 18.2 Å². The maximum Gasteiger partial charge on any atom is 0.123 e. The first-order valence-corrected chi connectivity index (χ1v) is 6.68. The third-order valence-corrected chi connectivity index (χ3v) is 3.76. The smallest absolute Gasteiger partial charge is 0.123 e. The third-order valence-electron chi connectivity index (χ3n) is 3.76. The zero-order chi connectivity index (χ0) is 13.9. The van der Waals surface area contributed by atoms with Crippen molar-refractivity contribution in [1.82, 2.24) is 4.90 Å². The van der Waals surface area contributed by atoms with Gasteiger partial charge in [0, 0.05) is 25.1 Å². The number of hydrogen-bond donors (Lipinski definition) is 2. The maximum absolute atomic E-state index is 7.46. The van der Waals surface area contributed by atoms with Crippen LogP contribution < -0.4 is 10.5 Å². The number of ether oxygens (including phenoxy) is 1. The van der Waals surface area contributed by atoms with Crippen molar-refractivity contribution >= 4 is 5.84 Å². The van der Waals surface area contributed by atoms with E-state index in [2.05, 4.69) is 18.0 Å². The van der Waals surface area contributed by atoms with Crippen molar-refractivity contribution in [2.24, 2.45) is 11.1 Å². The van der Waals surface area contributed by atoms with Crippen molar-refractivity contribution in [2.45, 2.75) is 25.8 Å². The van der Waals surface area contributed by atoms with Crippen LogP contribution in [0.2, 0.25) is 0 Å². The molecular weight excluding hydrogens is 238 g/mol. The van der Waals surface area contributed by atoms with E-state index >= 15 is 0 Å². The highest BCUT2D eigenvalue weighted by molar-refractivity contribution is 5.78. The van der Waals surface area contributed by atoms with E-state index in [1.54, 1.807) is 7.11 Å². The van der Waals surface area contributed by atoms with Crippen LogP contribution in [0.1, 0.15) is 24.8 Å². The largest absolute Gasteiger partial charge is 0.496 e. The average Bonchev–Trinajstić information content (AvgIpc) is 3.07. The summed E-state index contributed by atoms with van der Waals surface area (Å²) in [5.74, 6) is 1.24. The minimum absolute atomic E-state index is 0.253. The van der Waals surface area contributed by atoms with Gasteiger partial charge in [-0.3, -0.25) is 5.41 Å². The second kappa shape index (κ2) is 5.61. The lowest BCUT2D eigenvalue weighted by Gasteiger charge is -2.24. The molecule has 1 fully saturated rings. The predicted octanol–water partition coefficient (Wildman–Crippen LogP) is 2.23. The average molecular weight is 261 g/mol. The molecule has 0 unspecified atom stereocenters. The lowest BCUT2D eigenvalue weighted by atomic mass is 10.0. The fraction of sp³-hybridized carbons (Fsp3) is 0.533. The van der Waals surface area contributed by atoms with Gasteiger partial charge in [-0.2, -0.15) is 0 Å². The Kier molecular flexibility index (Phi) is 4.10. The van der Waals surface area contributed by atoms with E-state index in [0.717, 1.165) is 25.3 Å². The van der Waals surface area contributed by atoms with Crippen LogP contribution in [-0.4, -0.2) is 31.4 Å². The lowest BCUT2D eigenvalue weighted by Crippen LogP contribution is -2.29. The monoisotopic (exact) mass is 261 g/mol. The van der Waals surface area contributed by atoms with Gasteiger partial charge in [0.1, 0.15) is 5.75 Å². The molecule has 0 radical (unpaired) electrons. The highest BCUT2D eigenvalue weighted by Crippen LogP contribution is 2.49. The molecule has 1 saturated carbocycles. The van der Waals surface area contributed by atoms with Crippen molar-refractivity contribution in [3.63, 3.8) is 0 Å². The van der Waals surface area contributed by atoms with Gasteiger partial charge in [0.2, 0.25) is 0 Å². The molecule has 0 amide bonds. The van der Waals surface area contributed by atoms with E-state index in [4.69, 9.17) is 15.9 Å². The quantitative estimate of drug-likeness (QED) is 0.584. The second-order valence-electron chi connectivity index (χ2n) is 5.69. The molecule has 0 aromatic heterocycles. The first kappa shape index (κ1) is 13.9. The van der Waals surface area contributed by atoms with Gasteiger partial charge in [0.15, 0.2) is 0 Å². The third kappa shape index (κ3) is 3.70. The molecular formula is C15H23N3O. The number of amidine groups is 1. The lowest BCUT2D eigenvalue weighted by molar-refractivity contribution is 0.255. The number of rotatable bonds is 7. The number of nitrogens with zero attached hydrogens (tertiary/aromatic N) is 1. The minimum Gasteiger partial charge on any atom is -0.496 e. The van der Waals surface area contributed by atoms with Crippen molar-refractivity contribution in [3.05, 3.63) is 29.8 Å². The Morgan fingerprint density at radius 1 is 1.42 bits per heavy atom. The molecule has 1 aromatic carbocycles. The van der Waals surface area contributed by atoms with Crippen LogP contribution in [0, 0.1) is 10.8 Å². The standard InChI is InChI=1S/C15H23N3O/c1-18(11-15(7-8-15)9-14(16)17)10-12-5-3-4-6-13(12)19-2/h3-6H,7-11H2,1-2H3,(H3,16,17). The molecule has 0 heterocycles. The van der Waals surface area contributed by atoms with E-state index in [-0.39, 0.29) is 5.41 Å². The summed E-state index contributed by atoms with van der Waals surface area (Å²) >= 11 is 0.